The normalized spacial score (nSPS) is 11.6. The average molecular weight is 306 g/mol. The van der Waals surface area contributed by atoms with Gasteiger partial charge in [0.2, 0.25) is 0 Å². The van der Waals surface area contributed by atoms with Gasteiger partial charge in [-0.05, 0) is 42.5 Å². The average Bonchev–Trinajstić information content (AvgIpc) is 3.02. The van der Waals surface area contributed by atoms with Gasteiger partial charge in [-0.25, -0.2) is 4.98 Å². The van der Waals surface area contributed by atoms with E-state index in [9.17, 15) is 5.11 Å². The lowest BCUT2D eigenvalue weighted by molar-refractivity contribution is 0.480. The summed E-state index contributed by atoms with van der Waals surface area (Å²) in [7, 11) is 0. The molecule has 0 fully saturated rings. The fraction of sp³-hybridized carbons (Fsp3) is 0. The van der Waals surface area contributed by atoms with Gasteiger partial charge in [0.05, 0.1) is 27.1 Å². The van der Waals surface area contributed by atoms with Crippen LogP contribution in [0.15, 0.2) is 64.4 Å². The second-order valence-corrected chi connectivity index (χ2v) is 5.59. The highest BCUT2D eigenvalue weighted by Crippen LogP contribution is 2.32. The molecule has 0 amide bonds. The molecule has 0 aliphatic rings. The van der Waals surface area contributed by atoms with Crippen molar-refractivity contribution in [2.75, 3.05) is 0 Å². The van der Waals surface area contributed by atoms with Crippen molar-refractivity contribution in [2.24, 2.45) is 10.2 Å². The van der Waals surface area contributed by atoms with E-state index in [4.69, 9.17) is 0 Å². The summed E-state index contributed by atoms with van der Waals surface area (Å²) < 4.78 is 1.08. The molecule has 0 unspecified atom stereocenters. The highest BCUT2D eigenvalue weighted by Gasteiger charge is 2.05. The number of hydrogen-bond donors (Lipinski definition) is 1. The van der Waals surface area contributed by atoms with Crippen LogP contribution in [0.1, 0.15) is 0 Å². The minimum absolute atomic E-state index is 0.139. The lowest BCUT2D eigenvalue weighted by Gasteiger charge is -2.02. The van der Waals surface area contributed by atoms with Gasteiger partial charge < -0.3 is 5.11 Å². The van der Waals surface area contributed by atoms with Crippen LogP contribution in [0.3, 0.4) is 0 Å². The molecule has 4 aromatic rings. The number of phenolic OH excluding ortho intramolecular Hbond substituents is 1. The van der Waals surface area contributed by atoms with E-state index in [2.05, 4.69) is 20.2 Å². The van der Waals surface area contributed by atoms with Crippen molar-refractivity contribution < 1.29 is 5.11 Å². The van der Waals surface area contributed by atoms with E-state index in [0.717, 1.165) is 21.3 Å². The summed E-state index contributed by atoms with van der Waals surface area (Å²) in [5.74, 6) is 0.139. The monoisotopic (exact) mass is 306 g/mol. The Bertz CT molecular complexity index is 1010. The van der Waals surface area contributed by atoms with Crippen LogP contribution in [0.4, 0.5) is 11.4 Å². The molecule has 22 heavy (non-hydrogen) atoms. The Morgan fingerprint density at radius 2 is 1.95 bits per heavy atom. The van der Waals surface area contributed by atoms with Gasteiger partial charge >= 0.3 is 0 Å². The highest BCUT2D eigenvalue weighted by atomic mass is 32.1. The maximum absolute atomic E-state index is 9.84. The summed E-state index contributed by atoms with van der Waals surface area (Å²) in [4.78, 5) is 8.41. The lowest BCUT2D eigenvalue weighted by atomic mass is 10.2. The van der Waals surface area contributed by atoms with E-state index in [-0.39, 0.29) is 5.75 Å². The predicted octanol–water partition coefficient (Wildman–Crippen LogP) is 4.97. The zero-order chi connectivity index (χ0) is 14.9. The quantitative estimate of drug-likeness (QED) is 0.532. The second kappa shape index (κ2) is 5.16. The van der Waals surface area contributed by atoms with E-state index in [1.165, 1.54) is 0 Å². The molecule has 1 N–H and O–H groups in total. The number of azo groups is 1. The topological polar surface area (TPSA) is 70.7 Å². The van der Waals surface area contributed by atoms with Crippen LogP contribution in [-0.4, -0.2) is 15.1 Å². The van der Waals surface area contributed by atoms with Crippen molar-refractivity contribution in [1.82, 2.24) is 9.97 Å². The standard InChI is InChI=1S/C16H10N4OS/c21-14-6-5-12(11-2-1-7-17-16(11)14)20-19-10-3-4-13-15(8-10)22-9-18-13/h1-9,21H. The first-order chi connectivity index (χ1) is 10.8. The zero-order valence-corrected chi connectivity index (χ0v) is 12.2. The Balaban J connectivity index is 1.78. The largest absolute Gasteiger partial charge is 0.506 e. The number of aromatic nitrogens is 2. The van der Waals surface area contributed by atoms with Crippen molar-refractivity contribution in [3.8, 4) is 5.75 Å². The molecule has 6 heteroatoms. The first kappa shape index (κ1) is 12.8. The van der Waals surface area contributed by atoms with E-state index in [1.807, 2.05) is 35.8 Å². The number of aromatic hydroxyl groups is 1. The maximum Gasteiger partial charge on any atom is 0.141 e. The van der Waals surface area contributed by atoms with Crippen LogP contribution in [0.25, 0.3) is 21.1 Å². The van der Waals surface area contributed by atoms with Gasteiger partial charge in [-0.15, -0.1) is 16.5 Å². The van der Waals surface area contributed by atoms with Crippen LogP contribution >= 0.6 is 11.3 Å². The van der Waals surface area contributed by atoms with Crippen molar-refractivity contribution in [3.05, 3.63) is 54.2 Å². The third-order valence-electron chi connectivity index (χ3n) is 3.31. The number of benzene rings is 2. The molecular formula is C16H10N4OS. The molecule has 0 aliphatic carbocycles. The zero-order valence-electron chi connectivity index (χ0n) is 11.3. The molecule has 2 heterocycles. The molecule has 4 rings (SSSR count). The first-order valence-corrected chi connectivity index (χ1v) is 7.51. The molecule has 0 radical (unpaired) electrons. The summed E-state index contributed by atoms with van der Waals surface area (Å²) in [5.41, 5.74) is 4.73. The van der Waals surface area contributed by atoms with Crippen LogP contribution in [0.2, 0.25) is 0 Å². The number of nitrogens with zero attached hydrogens (tertiary/aromatic N) is 4. The smallest absolute Gasteiger partial charge is 0.141 e. The van der Waals surface area contributed by atoms with Gasteiger partial charge in [-0.1, -0.05) is 0 Å². The Kier molecular flexibility index (Phi) is 3.01. The van der Waals surface area contributed by atoms with Crippen LogP contribution in [-0.2, 0) is 0 Å². The number of fused-ring (bicyclic) bond motifs is 2. The minimum Gasteiger partial charge on any atom is -0.506 e. The van der Waals surface area contributed by atoms with Gasteiger partial charge in [0.25, 0.3) is 0 Å². The third-order valence-corrected chi connectivity index (χ3v) is 4.11. The van der Waals surface area contributed by atoms with Crippen LogP contribution < -0.4 is 0 Å². The number of hydrogen-bond acceptors (Lipinski definition) is 6. The first-order valence-electron chi connectivity index (χ1n) is 6.63. The Labute approximate surface area is 129 Å². The Morgan fingerprint density at radius 1 is 1.00 bits per heavy atom. The lowest BCUT2D eigenvalue weighted by Crippen LogP contribution is -1.79. The van der Waals surface area contributed by atoms with E-state index < -0.39 is 0 Å². The number of pyridine rings is 1. The summed E-state index contributed by atoms with van der Waals surface area (Å²) >= 11 is 1.57. The molecule has 2 aromatic carbocycles. The van der Waals surface area contributed by atoms with Crippen molar-refractivity contribution >= 4 is 43.8 Å². The SMILES string of the molecule is Oc1ccc(N=Nc2ccc3ncsc3c2)c2cccnc12. The van der Waals surface area contributed by atoms with E-state index in [0.29, 0.717) is 11.2 Å². The fourth-order valence-electron chi connectivity index (χ4n) is 2.25. The van der Waals surface area contributed by atoms with Gasteiger partial charge in [0, 0.05) is 11.6 Å². The van der Waals surface area contributed by atoms with Crippen LogP contribution in [0.5, 0.6) is 5.75 Å². The van der Waals surface area contributed by atoms with Crippen molar-refractivity contribution in [2.45, 2.75) is 0 Å². The molecule has 106 valence electrons. The highest BCUT2D eigenvalue weighted by molar-refractivity contribution is 7.16. The molecule has 2 aromatic heterocycles. The molecule has 0 atom stereocenters. The molecule has 0 saturated heterocycles. The molecule has 0 saturated carbocycles. The third kappa shape index (κ3) is 2.19. The maximum atomic E-state index is 9.84. The molecular weight excluding hydrogens is 296 g/mol. The minimum atomic E-state index is 0.139. The Hall–Kier alpha value is -2.86. The van der Waals surface area contributed by atoms with Gasteiger partial charge in [-0.3, -0.25) is 4.98 Å². The van der Waals surface area contributed by atoms with Gasteiger partial charge in [0.15, 0.2) is 0 Å². The molecule has 0 aliphatic heterocycles. The fourth-order valence-corrected chi connectivity index (χ4v) is 2.96. The summed E-state index contributed by atoms with van der Waals surface area (Å²) in [6.45, 7) is 0. The van der Waals surface area contributed by atoms with Crippen molar-refractivity contribution in [1.29, 1.82) is 0 Å². The number of rotatable bonds is 2. The molecule has 0 bridgehead atoms. The van der Waals surface area contributed by atoms with Gasteiger partial charge in [-0.2, -0.15) is 5.11 Å². The Morgan fingerprint density at radius 3 is 2.91 bits per heavy atom. The van der Waals surface area contributed by atoms with Crippen molar-refractivity contribution in [3.63, 3.8) is 0 Å². The predicted molar refractivity (Wildman–Crippen MR) is 87.2 cm³/mol. The second-order valence-electron chi connectivity index (χ2n) is 4.71. The summed E-state index contributed by atoms with van der Waals surface area (Å²) in [6.07, 6.45) is 1.64. The number of phenols is 1. The number of thiazole rings is 1. The van der Waals surface area contributed by atoms with E-state index in [1.54, 1.807) is 29.7 Å². The van der Waals surface area contributed by atoms with Crippen LogP contribution in [0, 0.1) is 0 Å². The molecule has 0 spiro atoms. The van der Waals surface area contributed by atoms with Gasteiger partial charge in [0.1, 0.15) is 11.3 Å². The molecule has 5 nitrogen and oxygen atoms in total. The summed E-state index contributed by atoms with van der Waals surface area (Å²) in [6, 6.07) is 12.7. The summed E-state index contributed by atoms with van der Waals surface area (Å²) in [5, 5.41) is 19.2. The van der Waals surface area contributed by atoms with E-state index >= 15 is 0 Å².